The van der Waals surface area contributed by atoms with Crippen LogP contribution < -0.4 is 10.2 Å². The van der Waals surface area contributed by atoms with Crippen LogP contribution in [0.15, 0.2) is 12.4 Å². The summed E-state index contributed by atoms with van der Waals surface area (Å²) in [6, 6.07) is 2.19. The van der Waals surface area contributed by atoms with Gasteiger partial charge in [-0.2, -0.15) is 0 Å². The van der Waals surface area contributed by atoms with Gasteiger partial charge in [0.25, 0.3) is 0 Å². The summed E-state index contributed by atoms with van der Waals surface area (Å²) in [5.41, 5.74) is 1.25. The molecule has 0 amide bonds. The number of nitrogens with one attached hydrogen (secondary N) is 1. The van der Waals surface area contributed by atoms with Crippen molar-refractivity contribution < 1.29 is 0 Å². The van der Waals surface area contributed by atoms with Crippen LogP contribution in [0.5, 0.6) is 0 Å². The average molecular weight is 218 g/mol. The van der Waals surface area contributed by atoms with Gasteiger partial charge >= 0.3 is 0 Å². The van der Waals surface area contributed by atoms with Gasteiger partial charge in [0.1, 0.15) is 12.1 Å². The maximum atomic E-state index is 4.40. The first kappa shape index (κ1) is 10.0. The van der Waals surface area contributed by atoms with E-state index in [1.807, 2.05) is 0 Å². The van der Waals surface area contributed by atoms with E-state index in [4.69, 9.17) is 0 Å². The molecule has 1 saturated carbocycles. The molecule has 0 radical (unpaired) electrons. The molecule has 4 nitrogen and oxygen atoms in total. The van der Waals surface area contributed by atoms with Gasteiger partial charge in [-0.05, 0) is 12.8 Å². The lowest BCUT2D eigenvalue weighted by Gasteiger charge is -2.30. The smallest absolute Gasteiger partial charge is 0.132 e. The lowest BCUT2D eigenvalue weighted by atomic mass is 9.83. The van der Waals surface area contributed by atoms with E-state index < -0.39 is 0 Å². The number of hydrogen-bond acceptors (Lipinski definition) is 4. The fraction of sp³-hybridized carbons (Fsp3) is 0.667. The Bertz CT molecular complexity index is 356. The molecular formula is C12H18N4. The quantitative estimate of drug-likeness (QED) is 0.808. The molecule has 86 valence electrons. The van der Waals surface area contributed by atoms with Gasteiger partial charge in [0, 0.05) is 43.9 Å². The largest absolute Gasteiger partial charge is 0.354 e. The summed E-state index contributed by atoms with van der Waals surface area (Å²) in [6.07, 6.45) is 5.69. The molecule has 3 rings (SSSR count). The van der Waals surface area contributed by atoms with Gasteiger partial charge < -0.3 is 10.2 Å². The molecule has 1 aromatic rings. The van der Waals surface area contributed by atoms with Crippen molar-refractivity contribution in [3.05, 3.63) is 18.1 Å². The van der Waals surface area contributed by atoms with Crippen molar-refractivity contribution >= 4 is 5.82 Å². The predicted molar refractivity (Wildman–Crippen MR) is 63.7 cm³/mol. The van der Waals surface area contributed by atoms with E-state index >= 15 is 0 Å². The Morgan fingerprint density at radius 2 is 2.00 bits per heavy atom. The number of nitrogens with zero attached hydrogens (tertiary/aromatic N) is 3. The Labute approximate surface area is 96.1 Å². The zero-order chi connectivity index (χ0) is 10.8. The van der Waals surface area contributed by atoms with E-state index in [1.54, 1.807) is 6.33 Å². The highest BCUT2D eigenvalue weighted by Crippen LogP contribution is 2.35. The second-order valence-electron chi connectivity index (χ2n) is 4.67. The molecule has 16 heavy (non-hydrogen) atoms. The van der Waals surface area contributed by atoms with Crippen LogP contribution in [0, 0.1) is 0 Å². The van der Waals surface area contributed by atoms with Crippen LogP contribution >= 0.6 is 0 Å². The summed E-state index contributed by atoms with van der Waals surface area (Å²) in [7, 11) is 0. The molecule has 1 saturated heterocycles. The van der Waals surface area contributed by atoms with Crippen molar-refractivity contribution in [2.24, 2.45) is 0 Å². The number of hydrogen-bond donors (Lipinski definition) is 1. The minimum absolute atomic E-state index is 0.699. The number of piperazine rings is 1. The maximum absolute atomic E-state index is 4.40. The topological polar surface area (TPSA) is 41.1 Å². The molecule has 0 unspecified atom stereocenters. The highest BCUT2D eigenvalue weighted by molar-refractivity contribution is 5.40. The average Bonchev–Trinajstić information content (AvgIpc) is 2.28. The van der Waals surface area contributed by atoms with Crippen LogP contribution in [-0.2, 0) is 0 Å². The molecule has 1 N–H and O–H groups in total. The Morgan fingerprint density at radius 1 is 1.19 bits per heavy atom. The first-order valence-electron chi connectivity index (χ1n) is 6.21. The SMILES string of the molecule is c1nc(C2CCC2)cc(N2CCNCC2)n1. The van der Waals surface area contributed by atoms with Crippen LogP contribution in [0.3, 0.4) is 0 Å². The molecule has 0 atom stereocenters. The number of anilines is 1. The predicted octanol–water partition coefficient (Wildman–Crippen LogP) is 1.15. The van der Waals surface area contributed by atoms with Gasteiger partial charge in [0.2, 0.25) is 0 Å². The van der Waals surface area contributed by atoms with Crippen LogP contribution in [0.25, 0.3) is 0 Å². The minimum atomic E-state index is 0.699. The van der Waals surface area contributed by atoms with E-state index in [2.05, 4.69) is 26.3 Å². The van der Waals surface area contributed by atoms with E-state index in [0.717, 1.165) is 32.0 Å². The van der Waals surface area contributed by atoms with Crippen molar-refractivity contribution in [2.45, 2.75) is 25.2 Å². The third-order valence-electron chi connectivity index (χ3n) is 3.64. The molecular weight excluding hydrogens is 200 g/mol. The molecule has 1 aliphatic carbocycles. The minimum Gasteiger partial charge on any atom is -0.354 e. The molecule has 2 fully saturated rings. The van der Waals surface area contributed by atoms with Gasteiger partial charge in [-0.15, -0.1) is 0 Å². The molecule has 0 spiro atoms. The summed E-state index contributed by atoms with van der Waals surface area (Å²) in [4.78, 5) is 11.1. The zero-order valence-electron chi connectivity index (χ0n) is 9.52. The Balaban J connectivity index is 1.77. The Morgan fingerprint density at radius 3 is 2.69 bits per heavy atom. The molecule has 2 aliphatic rings. The first-order chi connectivity index (χ1) is 7.93. The molecule has 4 heteroatoms. The highest BCUT2D eigenvalue weighted by Gasteiger charge is 2.22. The summed E-state index contributed by atoms with van der Waals surface area (Å²) in [5, 5.41) is 3.36. The van der Waals surface area contributed by atoms with Crippen LogP contribution in [0.4, 0.5) is 5.82 Å². The Kier molecular flexibility index (Phi) is 2.74. The van der Waals surface area contributed by atoms with Gasteiger partial charge in [0.15, 0.2) is 0 Å². The van der Waals surface area contributed by atoms with Crippen molar-refractivity contribution in [3.63, 3.8) is 0 Å². The number of rotatable bonds is 2. The summed E-state index contributed by atoms with van der Waals surface area (Å²) in [5.74, 6) is 1.81. The standard InChI is InChI=1S/C12H18N4/c1-2-10(3-1)11-8-12(15-9-14-11)16-6-4-13-5-7-16/h8-10,13H,1-7H2. The summed E-state index contributed by atoms with van der Waals surface area (Å²) in [6.45, 7) is 4.23. The number of aromatic nitrogens is 2. The monoisotopic (exact) mass is 218 g/mol. The summed E-state index contributed by atoms with van der Waals surface area (Å²) >= 11 is 0. The van der Waals surface area contributed by atoms with Gasteiger partial charge in [-0.1, -0.05) is 6.42 Å². The summed E-state index contributed by atoms with van der Waals surface area (Å²) < 4.78 is 0. The third-order valence-corrected chi connectivity index (χ3v) is 3.64. The zero-order valence-corrected chi connectivity index (χ0v) is 9.52. The normalized spacial score (nSPS) is 21.9. The van der Waals surface area contributed by atoms with Crippen LogP contribution in [0.1, 0.15) is 30.9 Å². The molecule has 1 aliphatic heterocycles. The van der Waals surface area contributed by atoms with Gasteiger partial charge in [0.05, 0.1) is 0 Å². The fourth-order valence-corrected chi connectivity index (χ4v) is 2.36. The van der Waals surface area contributed by atoms with E-state index in [-0.39, 0.29) is 0 Å². The lowest BCUT2D eigenvalue weighted by molar-refractivity contribution is 0.410. The van der Waals surface area contributed by atoms with E-state index in [0.29, 0.717) is 5.92 Å². The van der Waals surface area contributed by atoms with Crippen LogP contribution in [-0.4, -0.2) is 36.1 Å². The lowest BCUT2D eigenvalue weighted by Crippen LogP contribution is -2.44. The third kappa shape index (κ3) is 1.89. The molecule has 2 heterocycles. The second kappa shape index (κ2) is 4.37. The van der Waals surface area contributed by atoms with Crippen molar-refractivity contribution in [3.8, 4) is 0 Å². The van der Waals surface area contributed by atoms with E-state index in [9.17, 15) is 0 Å². The van der Waals surface area contributed by atoms with E-state index in [1.165, 1.54) is 25.0 Å². The highest BCUT2D eigenvalue weighted by atomic mass is 15.2. The molecule has 0 bridgehead atoms. The van der Waals surface area contributed by atoms with Crippen molar-refractivity contribution in [1.29, 1.82) is 0 Å². The second-order valence-corrected chi connectivity index (χ2v) is 4.67. The Hall–Kier alpha value is -1.16. The van der Waals surface area contributed by atoms with Crippen molar-refractivity contribution in [1.82, 2.24) is 15.3 Å². The van der Waals surface area contributed by atoms with Crippen molar-refractivity contribution in [2.75, 3.05) is 31.1 Å². The van der Waals surface area contributed by atoms with Gasteiger partial charge in [-0.3, -0.25) is 0 Å². The molecule has 0 aromatic carbocycles. The first-order valence-corrected chi connectivity index (χ1v) is 6.21. The maximum Gasteiger partial charge on any atom is 0.132 e. The van der Waals surface area contributed by atoms with Gasteiger partial charge in [-0.25, -0.2) is 9.97 Å². The van der Waals surface area contributed by atoms with Crippen LogP contribution in [0.2, 0.25) is 0 Å². The molecule has 1 aromatic heterocycles. The fourth-order valence-electron chi connectivity index (χ4n) is 2.36.